The number of amides is 1. The second-order valence-corrected chi connectivity index (χ2v) is 5.57. The van der Waals surface area contributed by atoms with Gasteiger partial charge in [-0.15, -0.1) is 0 Å². The van der Waals surface area contributed by atoms with Gasteiger partial charge in [-0.3, -0.25) is 9.69 Å². The molecule has 0 bridgehead atoms. The Hall–Kier alpha value is -0.870. The van der Waals surface area contributed by atoms with Crippen molar-refractivity contribution in [2.45, 2.75) is 33.4 Å². The molecular formula is C14H21BrN2O. The smallest absolute Gasteiger partial charge is 0.234 e. The second kappa shape index (κ2) is 7.54. The molecule has 4 heteroatoms. The molecule has 3 nitrogen and oxygen atoms in total. The quantitative estimate of drug-likeness (QED) is 0.876. The van der Waals surface area contributed by atoms with Gasteiger partial charge in [-0.25, -0.2) is 0 Å². The minimum absolute atomic E-state index is 0.0870. The normalized spacial score (nSPS) is 11.0. The summed E-state index contributed by atoms with van der Waals surface area (Å²) in [6, 6.07) is 8.40. The van der Waals surface area contributed by atoms with Gasteiger partial charge in [0, 0.05) is 17.1 Å². The Labute approximate surface area is 118 Å². The van der Waals surface area contributed by atoms with Gasteiger partial charge in [0.2, 0.25) is 5.91 Å². The van der Waals surface area contributed by atoms with Crippen LogP contribution in [0.15, 0.2) is 28.7 Å². The summed E-state index contributed by atoms with van der Waals surface area (Å²) >= 11 is 3.42. The molecule has 1 N–H and O–H groups in total. The lowest BCUT2D eigenvalue weighted by Gasteiger charge is -2.20. The zero-order valence-electron chi connectivity index (χ0n) is 11.2. The number of rotatable bonds is 6. The summed E-state index contributed by atoms with van der Waals surface area (Å²) in [5.41, 5.74) is 1.22. The van der Waals surface area contributed by atoms with Crippen molar-refractivity contribution in [3.05, 3.63) is 34.3 Å². The number of hydrogen-bond donors (Lipinski definition) is 1. The molecule has 0 saturated carbocycles. The number of halogens is 1. The first kappa shape index (κ1) is 15.2. The van der Waals surface area contributed by atoms with E-state index in [1.807, 2.05) is 26.0 Å². The molecule has 18 heavy (non-hydrogen) atoms. The maximum atomic E-state index is 11.7. The van der Waals surface area contributed by atoms with E-state index < -0.39 is 0 Å². The number of carbonyl (C=O) groups excluding carboxylic acids is 1. The molecule has 0 aliphatic carbocycles. The van der Waals surface area contributed by atoms with Crippen LogP contribution in [-0.2, 0) is 11.3 Å². The topological polar surface area (TPSA) is 32.3 Å². The number of nitrogens with zero attached hydrogens (tertiary/aromatic N) is 1. The summed E-state index contributed by atoms with van der Waals surface area (Å²) in [5, 5.41) is 2.91. The summed E-state index contributed by atoms with van der Waals surface area (Å²) in [7, 11) is 0. The third-order valence-corrected chi connectivity index (χ3v) is 3.11. The van der Waals surface area contributed by atoms with Gasteiger partial charge in [0.25, 0.3) is 0 Å². The number of benzene rings is 1. The monoisotopic (exact) mass is 312 g/mol. The van der Waals surface area contributed by atoms with Crippen LogP contribution < -0.4 is 5.32 Å². The van der Waals surface area contributed by atoms with Gasteiger partial charge in [0.15, 0.2) is 0 Å². The van der Waals surface area contributed by atoms with Gasteiger partial charge < -0.3 is 5.32 Å². The molecule has 1 rings (SSSR count). The fraction of sp³-hybridized carbons (Fsp3) is 0.500. The maximum Gasteiger partial charge on any atom is 0.234 e. The molecule has 0 saturated heterocycles. The Kier molecular flexibility index (Phi) is 6.36. The highest BCUT2D eigenvalue weighted by Crippen LogP contribution is 2.12. The molecule has 0 aliphatic heterocycles. The first-order chi connectivity index (χ1) is 8.51. The highest BCUT2D eigenvalue weighted by molar-refractivity contribution is 9.10. The Morgan fingerprint density at radius 2 is 1.94 bits per heavy atom. The third-order valence-electron chi connectivity index (χ3n) is 2.58. The minimum Gasteiger partial charge on any atom is -0.353 e. The van der Waals surface area contributed by atoms with Crippen molar-refractivity contribution in [3.8, 4) is 0 Å². The van der Waals surface area contributed by atoms with Crippen LogP contribution in [0.1, 0.15) is 26.3 Å². The average molecular weight is 313 g/mol. The zero-order valence-corrected chi connectivity index (χ0v) is 12.8. The van der Waals surface area contributed by atoms with E-state index in [1.54, 1.807) is 0 Å². The zero-order chi connectivity index (χ0) is 13.5. The van der Waals surface area contributed by atoms with Crippen LogP contribution in [0.3, 0.4) is 0 Å². The third kappa shape index (κ3) is 5.65. The maximum absolute atomic E-state index is 11.7. The number of nitrogens with one attached hydrogen (secondary N) is 1. The average Bonchev–Trinajstić information content (AvgIpc) is 2.30. The summed E-state index contributed by atoms with van der Waals surface area (Å²) < 4.78 is 1.08. The minimum atomic E-state index is 0.0870. The molecule has 0 heterocycles. The molecule has 0 unspecified atom stereocenters. The molecule has 1 aromatic rings. The highest BCUT2D eigenvalue weighted by atomic mass is 79.9. The SMILES string of the molecule is CCN(CC(=O)NC(C)C)Cc1ccc(Br)cc1. The predicted octanol–water partition coefficient (Wildman–Crippen LogP) is 2.80. The molecule has 0 fully saturated rings. The Bertz CT molecular complexity index is 376. The lowest BCUT2D eigenvalue weighted by molar-refractivity contribution is -0.122. The van der Waals surface area contributed by atoms with Crippen LogP contribution in [0, 0.1) is 0 Å². The van der Waals surface area contributed by atoms with Gasteiger partial charge in [-0.2, -0.15) is 0 Å². The lowest BCUT2D eigenvalue weighted by Crippen LogP contribution is -2.39. The van der Waals surface area contributed by atoms with Gasteiger partial charge in [-0.05, 0) is 38.1 Å². The van der Waals surface area contributed by atoms with E-state index in [0.29, 0.717) is 6.54 Å². The Morgan fingerprint density at radius 1 is 1.33 bits per heavy atom. The van der Waals surface area contributed by atoms with Crippen molar-refractivity contribution in [2.24, 2.45) is 0 Å². The Balaban J connectivity index is 2.51. The predicted molar refractivity (Wildman–Crippen MR) is 78.4 cm³/mol. The van der Waals surface area contributed by atoms with E-state index >= 15 is 0 Å². The van der Waals surface area contributed by atoms with E-state index in [4.69, 9.17) is 0 Å². The summed E-state index contributed by atoms with van der Waals surface area (Å²) in [5.74, 6) is 0.0870. The van der Waals surface area contributed by atoms with Crippen LogP contribution in [0.2, 0.25) is 0 Å². The van der Waals surface area contributed by atoms with Crippen molar-refractivity contribution in [3.63, 3.8) is 0 Å². The van der Waals surface area contributed by atoms with Crippen LogP contribution in [0.5, 0.6) is 0 Å². The lowest BCUT2D eigenvalue weighted by atomic mass is 10.2. The van der Waals surface area contributed by atoms with Gasteiger partial charge >= 0.3 is 0 Å². The molecule has 0 radical (unpaired) electrons. The largest absolute Gasteiger partial charge is 0.353 e. The van der Waals surface area contributed by atoms with Crippen LogP contribution >= 0.6 is 15.9 Å². The van der Waals surface area contributed by atoms with E-state index in [1.165, 1.54) is 5.56 Å². The molecule has 1 aromatic carbocycles. The van der Waals surface area contributed by atoms with Crippen molar-refractivity contribution in [1.29, 1.82) is 0 Å². The molecule has 0 atom stereocenters. The fourth-order valence-corrected chi connectivity index (χ4v) is 1.96. The molecule has 100 valence electrons. The van der Waals surface area contributed by atoms with Crippen LogP contribution in [0.4, 0.5) is 0 Å². The van der Waals surface area contributed by atoms with Crippen molar-refractivity contribution < 1.29 is 4.79 Å². The first-order valence-electron chi connectivity index (χ1n) is 6.27. The van der Waals surface area contributed by atoms with E-state index in [9.17, 15) is 4.79 Å². The van der Waals surface area contributed by atoms with Crippen LogP contribution in [-0.4, -0.2) is 29.9 Å². The Morgan fingerprint density at radius 3 is 2.44 bits per heavy atom. The van der Waals surface area contributed by atoms with Gasteiger partial charge in [0.05, 0.1) is 6.54 Å². The van der Waals surface area contributed by atoms with E-state index in [2.05, 4.69) is 45.2 Å². The number of hydrogen-bond acceptors (Lipinski definition) is 2. The molecule has 0 spiro atoms. The molecule has 0 aromatic heterocycles. The van der Waals surface area contributed by atoms with Gasteiger partial charge in [0.1, 0.15) is 0 Å². The van der Waals surface area contributed by atoms with Crippen molar-refractivity contribution in [1.82, 2.24) is 10.2 Å². The fourth-order valence-electron chi connectivity index (χ4n) is 1.70. The molecule has 1 amide bonds. The number of carbonyl (C=O) groups is 1. The summed E-state index contributed by atoms with van der Waals surface area (Å²) in [4.78, 5) is 13.8. The molecule has 0 aliphatic rings. The molecular weight excluding hydrogens is 292 g/mol. The summed E-state index contributed by atoms with van der Waals surface area (Å²) in [6.45, 7) is 8.13. The standard InChI is InChI=1S/C14H21BrN2O/c1-4-17(10-14(18)16-11(2)3)9-12-5-7-13(15)8-6-12/h5-8,11H,4,9-10H2,1-3H3,(H,16,18). The first-order valence-corrected chi connectivity index (χ1v) is 7.06. The van der Waals surface area contributed by atoms with Crippen molar-refractivity contribution in [2.75, 3.05) is 13.1 Å². The van der Waals surface area contributed by atoms with E-state index in [0.717, 1.165) is 17.6 Å². The number of likely N-dealkylation sites (N-methyl/N-ethyl adjacent to an activating group) is 1. The second-order valence-electron chi connectivity index (χ2n) is 4.65. The van der Waals surface area contributed by atoms with Crippen molar-refractivity contribution >= 4 is 21.8 Å². The highest BCUT2D eigenvalue weighted by Gasteiger charge is 2.10. The van der Waals surface area contributed by atoms with E-state index in [-0.39, 0.29) is 11.9 Å². The summed E-state index contributed by atoms with van der Waals surface area (Å²) in [6.07, 6.45) is 0. The van der Waals surface area contributed by atoms with Crippen LogP contribution in [0.25, 0.3) is 0 Å². The van der Waals surface area contributed by atoms with Gasteiger partial charge in [-0.1, -0.05) is 35.0 Å².